The Morgan fingerprint density at radius 2 is 1.87 bits per heavy atom. The number of hydrogen-bond acceptors (Lipinski definition) is 5. The number of fused-ring (bicyclic) bond motifs is 5. The fraction of sp³-hybridized carbons (Fsp3) is 0.351. The predicted octanol–water partition coefficient (Wildman–Crippen LogP) is 8.71. The van der Waals surface area contributed by atoms with Crippen LogP contribution in [0.1, 0.15) is 75.1 Å². The average Bonchev–Trinajstić information content (AvgIpc) is 3.49. The van der Waals surface area contributed by atoms with Crippen LogP contribution >= 0.6 is 0 Å². The molecule has 0 fully saturated rings. The van der Waals surface area contributed by atoms with Gasteiger partial charge in [-0.1, -0.05) is 37.1 Å². The van der Waals surface area contributed by atoms with E-state index in [4.69, 9.17) is 9.47 Å². The minimum atomic E-state index is -0.850. The minimum absolute atomic E-state index is 0.0332. The third kappa shape index (κ3) is 7.48. The predicted molar refractivity (Wildman–Crippen MR) is 176 cm³/mol. The monoisotopic (exact) mass is 629 g/mol. The molecule has 0 amide bonds. The van der Waals surface area contributed by atoms with Crippen molar-refractivity contribution >= 4 is 23.6 Å². The van der Waals surface area contributed by atoms with Crippen LogP contribution in [0, 0.1) is 11.6 Å². The Balaban J connectivity index is 1.55. The van der Waals surface area contributed by atoms with Crippen molar-refractivity contribution in [2.24, 2.45) is 4.99 Å². The second kappa shape index (κ2) is 13.9. The first kappa shape index (κ1) is 32.9. The maximum absolute atomic E-state index is 15.5. The number of aromatic amines is 1. The molecule has 0 saturated heterocycles. The average molecular weight is 630 g/mol. The number of ether oxygens (including phenoxy) is 2. The van der Waals surface area contributed by atoms with Crippen LogP contribution in [0.5, 0.6) is 11.5 Å². The number of aliphatic imine (C=N–C) groups is 1. The van der Waals surface area contributed by atoms with E-state index >= 15 is 8.78 Å². The van der Waals surface area contributed by atoms with E-state index in [9.17, 15) is 9.90 Å². The van der Waals surface area contributed by atoms with Crippen LogP contribution < -0.4 is 10.1 Å². The van der Waals surface area contributed by atoms with Gasteiger partial charge in [0.05, 0.1) is 12.2 Å². The number of aliphatic carboxylic acids is 1. The summed E-state index contributed by atoms with van der Waals surface area (Å²) in [7, 11) is 0. The largest absolute Gasteiger partial charge is 0.481 e. The first-order valence-electron chi connectivity index (χ1n) is 15.6. The molecule has 0 aliphatic carbocycles. The number of benzene rings is 3. The maximum Gasteiger partial charge on any atom is 0.303 e. The lowest BCUT2D eigenvalue weighted by Gasteiger charge is -2.34. The Hall–Kier alpha value is -4.50. The van der Waals surface area contributed by atoms with E-state index in [0.29, 0.717) is 23.1 Å². The van der Waals surface area contributed by atoms with Gasteiger partial charge in [0.15, 0.2) is 11.6 Å². The third-order valence-electron chi connectivity index (χ3n) is 8.89. The van der Waals surface area contributed by atoms with Crippen LogP contribution in [0.3, 0.4) is 0 Å². The molecule has 3 N–H and O–H groups in total. The molecule has 1 atom stereocenters. The zero-order valence-corrected chi connectivity index (χ0v) is 26.6. The molecule has 1 aliphatic heterocycles. The molecule has 1 aliphatic rings. The summed E-state index contributed by atoms with van der Waals surface area (Å²) in [6, 6.07) is 15.6. The number of nitrogens with zero attached hydrogens (tertiary/aromatic N) is 1. The summed E-state index contributed by atoms with van der Waals surface area (Å²) in [6.07, 6.45) is 7.01. The first-order valence-corrected chi connectivity index (χ1v) is 15.6. The molecule has 2 heterocycles. The van der Waals surface area contributed by atoms with E-state index in [2.05, 4.69) is 28.9 Å². The fourth-order valence-corrected chi connectivity index (χ4v) is 6.13. The quantitative estimate of drug-likeness (QED) is 0.192. The molecule has 2 bridgehead atoms. The summed E-state index contributed by atoms with van der Waals surface area (Å²) >= 11 is 0. The zero-order valence-electron chi connectivity index (χ0n) is 26.6. The Kier molecular flexibility index (Phi) is 9.91. The minimum Gasteiger partial charge on any atom is -0.481 e. The highest BCUT2D eigenvalue weighted by atomic mass is 19.1. The number of nitrogens with one attached hydrogen (secondary N) is 2. The van der Waals surface area contributed by atoms with Gasteiger partial charge in [-0.25, -0.2) is 8.78 Å². The molecule has 7 nitrogen and oxygen atoms in total. The van der Waals surface area contributed by atoms with Crippen LogP contribution in [-0.4, -0.2) is 28.4 Å². The number of allylic oxidation sites excluding steroid dienone is 1. The number of hydrogen-bond donors (Lipinski definition) is 3. The lowest BCUT2D eigenvalue weighted by Crippen LogP contribution is -2.34. The highest BCUT2D eigenvalue weighted by Gasteiger charge is 2.32. The first-order chi connectivity index (χ1) is 22.0. The van der Waals surface area contributed by atoms with Gasteiger partial charge in [-0.05, 0) is 82.1 Å². The van der Waals surface area contributed by atoms with E-state index < -0.39 is 28.6 Å². The van der Waals surface area contributed by atoms with E-state index in [1.807, 2.05) is 44.2 Å². The van der Waals surface area contributed by atoms with Crippen molar-refractivity contribution in [3.63, 3.8) is 0 Å². The SMILES string of the molecule is C=N/C=C1\NCc2cc(ccc2F)Oc2c(F)cc3[nH]ccc3c2COC(C)(C)CCCCC1(C)c1cccc(CCC(=O)O)c1. The standard InChI is InChI=1S/C37H41F2N3O4/c1-36(2)15-5-6-16-37(3,26-9-7-8-24(18-26)10-13-34(43)44)33(22-40-4)42-21-25-19-27(11-12-30(25)38)46-35-29(23-45-36)28-14-17-41-32(28)20-31(35)39/h7-9,11-12,14,17-20,22,41-42H,4-6,10,13,15-16,21,23H2,1-3H3,(H,43,44)/b33-22-. The Morgan fingerprint density at radius 3 is 2.65 bits per heavy atom. The highest BCUT2D eigenvalue weighted by molar-refractivity contribution is 5.85. The summed E-state index contributed by atoms with van der Waals surface area (Å²) in [6.45, 7) is 10.1. The second-order valence-corrected chi connectivity index (χ2v) is 12.7. The molecular weight excluding hydrogens is 588 g/mol. The fourth-order valence-electron chi connectivity index (χ4n) is 6.13. The smallest absolute Gasteiger partial charge is 0.303 e. The molecule has 0 saturated carbocycles. The van der Waals surface area contributed by atoms with Gasteiger partial charge in [0, 0.05) is 64.6 Å². The number of aryl methyl sites for hydroxylation is 1. The van der Waals surface area contributed by atoms with Gasteiger partial charge < -0.3 is 24.9 Å². The molecule has 3 aromatic carbocycles. The topological polar surface area (TPSA) is 95.9 Å². The molecule has 242 valence electrons. The van der Waals surface area contributed by atoms with Crippen LogP contribution in [0.25, 0.3) is 10.9 Å². The number of carboxylic acid groups (broad SMARTS) is 1. The second-order valence-electron chi connectivity index (χ2n) is 12.7. The molecule has 46 heavy (non-hydrogen) atoms. The Morgan fingerprint density at radius 1 is 1.07 bits per heavy atom. The number of carboxylic acids is 1. The molecule has 4 aromatic rings. The van der Waals surface area contributed by atoms with Crippen molar-refractivity contribution in [2.75, 3.05) is 0 Å². The molecule has 1 unspecified atom stereocenters. The summed E-state index contributed by atoms with van der Waals surface area (Å²) in [5, 5.41) is 13.5. The van der Waals surface area contributed by atoms with E-state index in [1.54, 1.807) is 18.5 Å². The van der Waals surface area contributed by atoms with Gasteiger partial charge in [0.2, 0.25) is 0 Å². The molecular formula is C37H41F2N3O4. The van der Waals surface area contributed by atoms with Crippen molar-refractivity contribution in [1.29, 1.82) is 0 Å². The number of H-pyrrole nitrogens is 1. The summed E-state index contributed by atoms with van der Waals surface area (Å²) in [5.41, 5.74) is 3.10. The highest BCUT2D eigenvalue weighted by Crippen LogP contribution is 2.39. The zero-order chi connectivity index (χ0) is 32.9. The third-order valence-corrected chi connectivity index (χ3v) is 8.89. The van der Waals surface area contributed by atoms with Crippen LogP contribution in [-0.2, 0) is 34.5 Å². The van der Waals surface area contributed by atoms with Gasteiger partial charge in [-0.2, -0.15) is 0 Å². The lowest BCUT2D eigenvalue weighted by atomic mass is 9.74. The molecule has 9 heteroatoms. The lowest BCUT2D eigenvalue weighted by molar-refractivity contribution is -0.136. The Labute approximate surface area is 268 Å². The summed E-state index contributed by atoms with van der Waals surface area (Å²) in [5.74, 6) is -1.50. The van der Waals surface area contributed by atoms with Gasteiger partial charge in [-0.15, -0.1) is 0 Å². The van der Waals surface area contributed by atoms with Crippen LogP contribution in [0.15, 0.2) is 77.7 Å². The molecule has 0 spiro atoms. The van der Waals surface area contributed by atoms with Crippen LogP contribution in [0.2, 0.25) is 0 Å². The Bertz CT molecular complexity index is 1760. The van der Waals surface area contributed by atoms with Crippen LogP contribution in [0.4, 0.5) is 8.78 Å². The van der Waals surface area contributed by atoms with E-state index in [0.717, 1.165) is 47.9 Å². The maximum atomic E-state index is 15.5. The van der Waals surface area contributed by atoms with Gasteiger partial charge >= 0.3 is 5.97 Å². The van der Waals surface area contributed by atoms with Crippen molar-refractivity contribution in [2.45, 2.75) is 83.5 Å². The molecule has 5 rings (SSSR count). The number of aromatic nitrogens is 1. The van der Waals surface area contributed by atoms with Crippen molar-refractivity contribution < 1.29 is 28.2 Å². The van der Waals surface area contributed by atoms with Crippen molar-refractivity contribution in [3.05, 3.63) is 107 Å². The van der Waals surface area contributed by atoms with Gasteiger partial charge in [-0.3, -0.25) is 9.79 Å². The molecule has 1 aromatic heterocycles. The van der Waals surface area contributed by atoms with E-state index in [-0.39, 0.29) is 31.1 Å². The number of carbonyl (C=O) groups is 1. The molecule has 0 radical (unpaired) electrons. The normalized spacial score (nSPS) is 19.9. The summed E-state index contributed by atoms with van der Waals surface area (Å²) in [4.78, 5) is 18.4. The van der Waals surface area contributed by atoms with Gasteiger partial charge in [0.1, 0.15) is 11.6 Å². The number of halogens is 2. The summed E-state index contributed by atoms with van der Waals surface area (Å²) < 4.78 is 43.3. The van der Waals surface area contributed by atoms with Crippen molar-refractivity contribution in [1.82, 2.24) is 10.3 Å². The van der Waals surface area contributed by atoms with Crippen molar-refractivity contribution in [3.8, 4) is 11.5 Å². The number of rotatable bonds is 5. The van der Waals surface area contributed by atoms with Gasteiger partial charge in [0.25, 0.3) is 0 Å². The van der Waals surface area contributed by atoms with E-state index in [1.165, 1.54) is 18.2 Å².